The Hall–Kier alpha value is -2.47. The van der Waals surface area contributed by atoms with Crippen molar-refractivity contribution in [2.24, 2.45) is 0 Å². The third-order valence-corrected chi connectivity index (χ3v) is 4.34. The number of amides is 1. The lowest BCUT2D eigenvalue weighted by Crippen LogP contribution is -2.48. The van der Waals surface area contributed by atoms with Gasteiger partial charge in [-0.3, -0.25) is 4.79 Å². The molecule has 2 aromatic rings. The van der Waals surface area contributed by atoms with Gasteiger partial charge in [0.05, 0.1) is 13.0 Å². The van der Waals surface area contributed by atoms with Crippen LogP contribution in [0.5, 0.6) is 0 Å². The molecular formula is C19H24N4O2. The Morgan fingerprint density at radius 3 is 3.00 bits per heavy atom. The Balaban J connectivity index is 1.55. The lowest BCUT2D eigenvalue weighted by molar-refractivity contribution is -0.121. The fraction of sp³-hybridized carbons (Fsp3) is 0.421. The van der Waals surface area contributed by atoms with Gasteiger partial charge in [-0.25, -0.2) is 0 Å². The molecule has 6 nitrogen and oxygen atoms in total. The van der Waals surface area contributed by atoms with Gasteiger partial charge in [-0.15, -0.1) is 5.10 Å². The molecule has 1 aliphatic rings. The number of hydrogen-bond acceptors (Lipinski definition) is 5. The summed E-state index contributed by atoms with van der Waals surface area (Å²) in [5, 5.41) is 11.3. The summed E-state index contributed by atoms with van der Waals surface area (Å²) in [5.41, 5.74) is 2.09. The predicted octanol–water partition coefficient (Wildman–Crippen LogP) is 1.95. The van der Waals surface area contributed by atoms with E-state index in [-0.39, 0.29) is 11.9 Å². The number of methoxy groups -OCH3 is 1. The molecular weight excluding hydrogens is 316 g/mol. The highest BCUT2D eigenvalue weighted by Gasteiger charge is 2.22. The summed E-state index contributed by atoms with van der Waals surface area (Å²) in [4.78, 5) is 14.6. The molecule has 0 unspecified atom stereocenters. The van der Waals surface area contributed by atoms with Crippen LogP contribution in [-0.4, -0.2) is 42.3 Å². The smallest absolute Gasteiger partial charge is 0.224 e. The first kappa shape index (κ1) is 17.4. The summed E-state index contributed by atoms with van der Waals surface area (Å²) in [6.07, 6.45) is 4.08. The average molecular weight is 340 g/mol. The molecule has 0 bridgehead atoms. The molecule has 1 fully saturated rings. The Labute approximate surface area is 148 Å². The Kier molecular flexibility index (Phi) is 5.95. The largest absolute Gasteiger partial charge is 0.380 e. The van der Waals surface area contributed by atoms with Crippen molar-refractivity contribution in [3.63, 3.8) is 0 Å². The fourth-order valence-corrected chi connectivity index (χ4v) is 3.23. The number of nitrogens with one attached hydrogen (secondary N) is 1. The number of ether oxygens (including phenoxy) is 1. The van der Waals surface area contributed by atoms with Crippen LogP contribution in [0.3, 0.4) is 0 Å². The van der Waals surface area contributed by atoms with E-state index >= 15 is 0 Å². The highest BCUT2D eigenvalue weighted by atomic mass is 16.5. The van der Waals surface area contributed by atoms with Gasteiger partial charge in [-0.2, -0.15) is 5.10 Å². The van der Waals surface area contributed by atoms with Crippen molar-refractivity contribution in [3.05, 3.63) is 53.7 Å². The summed E-state index contributed by atoms with van der Waals surface area (Å²) >= 11 is 0. The zero-order valence-corrected chi connectivity index (χ0v) is 14.5. The van der Waals surface area contributed by atoms with Crippen LogP contribution in [0.4, 0.5) is 5.82 Å². The standard InChI is InChI=1S/C19H24N4O2/c1-25-14-16-6-2-5-15(11-16)12-19(24)21-17-7-4-10-23(13-17)18-8-3-9-20-22-18/h2-3,5-6,8-9,11,17H,4,7,10,12-14H2,1H3,(H,21,24)/t17-/m1/s1. The van der Waals surface area contributed by atoms with Crippen LogP contribution in [-0.2, 0) is 22.6 Å². The molecule has 1 atom stereocenters. The Morgan fingerprint density at radius 1 is 1.32 bits per heavy atom. The first-order valence-corrected chi connectivity index (χ1v) is 8.63. The molecule has 1 aromatic carbocycles. The fourth-order valence-electron chi connectivity index (χ4n) is 3.23. The van der Waals surface area contributed by atoms with E-state index in [2.05, 4.69) is 20.4 Å². The first-order chi connectivity index (χ1) is 12.2. The van der Waals surface area contributed by atoms with Gasteiger partial charge in [0, 0.05) is 32.4 Å². The topological polar surface area (TPSA) is 67.3 Å². The van der Waals surface area contributed by atoms with Gasteiger partial charge in [-0.1, -0.05) is 24.3 Å². The first-order valence-electron chi connectivity index (χ1n) is 8.63. The summed E-state index contributed by atoms with van der Waals surface area (Å²) < 4.78 is 5.15. The monoisotopic (exact) mass is 340 g/mol. The van der Waals surface area contributed by atoms with E-state index in [0.29, 0.717) is 13.0 Å². The maximum Gasteiger partial charge on any atom is 0.224 e. The minimum absolute atomic E-state index is 0.0561. The average Bonchev–Trinajstić information content (AvgIpc) is 2.63. The number of piperidine rings is 1. The zero-order chi connectivity index (χ0) is 17.5. The zero-order valence-electron chi connectivity index (χ0n) is 14.5. The van der Waals surface area contributed by atoms with Crippen LogP contribution in [0.2, 0.25) is 0 Å². The van der Waals surface area contributed by atoms with Crippen molar-refractivity contribution in [2.45, 2.75) is 31.9 Å². The van der Waals surface area contributed by atoms with Gasteiger partial charge in [0.2, 0.25) is 5.91 Å². The molecule has 3 rings (SSSR count). The molecule has 25 heavy (non-hydrogen) atoms. The van der Waals surface area contributed by atoms with Gasteiger partial charge in [-0.05, 0) is 36.1 Å². The molecule has 6 heteroatoms. The summed E-state index contributed by atoms with van der Waals surface area (Å²) in [7, 11) is 1.67. The molecule has 2 heterocycles. The summed E-state index contributed by atoms with van der Waals surface area (Å²) in [6, 6.07) is 12.0. The molecule has 0 saturated carbocycles. The van der Waals surface area contributed by atoms with E-state index < -0.39 is 0 Å². The van der Waals surface area contributed by atoms with Crippen molar-refractivity contribution in [2.75, 3.05) is 25.1 Å². The van der Waals surface area contributed by atoms with E-state index in [0.717, 1.165) is 42.9 Å². The number of nitrogens with zero attached hydrogens (tertiary/aromatic N) is 3. The number of carbonyl (C=O) groups is 1. The molecule has 1 N–H and O–H groups in total. The van der Waals surface area contributed by atoms with Crippen LogP contribution in [0.25, 0.3) is 0 Å². The molecule has 0 radical (unpaired) electrons. The van der Waals surface area contributed by atoms with Gasteiger partial charge in [0.25, 0.3) is 0 Å². The second kappa shape index (κ2) is 8.58. The van der Waals surface area contributed by atoms with Crippen molar-refractivity contribution < 1.29 is 9.53 Å². The van der Waals surface area contributed by atoms with Crippen LogP contribution in [0.15, 0.2) is 42.6 Å². The summed E-state index contributed by atoms with van der Waals surface area (Å²) in [5.74, 6) is 0.925. The maximum atomic E-state index is 12.4. The number of anilines is 1. The second-order valence-corrected chi connectivity index (χ2v) is 6.36. The molecule has 0 aliphatic carbocycles. The van der Waals surface area contributed by atoms with Crippen molar-refractivity contribution in [1.82, 2.24) is 15.5 Å². The molecule has 1 aliphatic heterocycles. The van der Waals surface area contributed by atoms with Crippen molar-refractivity contribution >= 4 is 11.7 Å². The van der Waals surface area contributed by atoms with E-state index in [1.165, 1.54) is 0 Å². The van der Waals surface area contributed by atoms with Gasteiger partial charge in [0.1, 0.15) is 0 Å². The van der Waals surface area contributed by atoms with Crippen LogP contribution in [0.1, 0.15) is 24.0 Å². The SMILES string of the molecule is COCc1cccc(CC(=O)N[C@@H]2CCCN(c3cccnn3)C2)c1. The van der Waals surface area contributed by atoms with E-state index in [1.807, 2.05) is 36.4 Å². The highest BCUT2D eigenvalue weighted by molar-refractivity contribution is 5.79. The highest BCUT2D eigenvalue weighted by Crippen LogP contribution is 2.17. The molecule has 0 spiro atoms. The van der Waals surface area contributed by atoms with Gasteiger partial charge < -0.3 is 15.0 Å². The summed E-state index contributed by atoms with van der Waals surface area (Å²) in [6.45, 7) is 2.28. The predicted molar refractivity (Wildman–Crippen MR) is 96.3 cm³/mol. The number of carbonyl (C=O) groups excluding carboxylic acids is 1. The number of hydrogen-bond donors (Lipinski definition) is 1. The third-order valence-electron chi connectivity index (χ3n) is 4.34. The van der Waals surface area contributed by atoms with Crippen LogP contribution in [0, 0.1) is 0 Å². The van der Waals surface area contributed by atoms with Crippen molar-refractivity contribution in [3.8, 4) is 0 Å². The maximum absolute atomic E-state index is 12.4. The van der Waals surface area contributed by atoms with E-state index in [9.17, 15) is 4.79 Å². The quantitative estimate of drug-likeness (QED) is 0.871. The molecule has 1 saturated heterocycles. The minimum atomic E-state index is 0.0561. The van der Waals surface area contributed by atoms with Crippen LogP contribution >= 0.6 is 0 Å². The van der Waals surface area contributed by atoms with Gasteiger partial charge >= 0.3 is 0 Å². The lowest BCUT2D eigenvalue weighted by Gasteiger charge is -2.33. The van der Waals surface area contributed by atoms with E-state index in [1.54, 1.807) is 13.3 Å². The molecule has 1 amide bonds. The normalized spacial score (nSPS) is 17.3. The number of rotatable bonds is 6. The number of aromatic nitrogens is 2. The van der Waals surface area contributed by atoms with Gasteiger partial charge in [0.15, 0.2) is 5.82 Å². The second-order valence-electron chi connectivity index (χ2n) is 6.36. The third kappa shape index (κ3) is 5.00. The van der Waals surface area contributed by atoms with E-state index in [4.69, 9.17) is 4.74 Å². The number of benzene rings is 1. The van der Waals surface area contributed by atoms with Crippen molar-refractivity contribution in [1.29, 1.82) is 0 Å². The Morgan fingerprint density at radius 2 is 2.20 bits per heavy atom. The Bertz CT molecular complexity index is 693. The molecule has 1 aromatic heterocycles. The molecule has 132 valence electrons. The van der Waals surface area contributed by atoms with Crippen LogP contribution < -0.4 is 10.2 Å². The lowest BCUT2D eigenvalue weighted by atomic mass is 10.0. The minimum Gasteiger partial charge on any atom is -0.380 e.